The highest BCUT2D eigenvalue weighted by molar-refractivity contribution is 6.04. The lowest BCUT2D eigenvalue weighted by atomic mass is 10.0. The molecular formula is C30H30F3N7O4. The van der Waals surface area contributed by atoms with E-state index in [4.69, 9.17) is 4.74 Å². The summed E-state index contributed by atoms with van der Waals surface area (Å²) in [4.78, 5) is 21.4. The molecule has 0 unspecified atom stereocenters. The fourth-order valence-corrected chi connectivity index (χ4v) is 5.73. The van der Waals surface area contributed by atoms with E-state index in [0.717, 1.165) is 17.2 Å². The molecule has 0 atom stereocenters. The molecule has 1 saturated heterocycles. The number of alkyl halides is 3. The minimum absolute atomic E-state index is 0.0000576. The van der Waals surface area contributed by atoms with Gasteiger partial charge in [0.2, 0.25) is 5.88 Å². The number of piperazine rings is 1. The Hall–Kier alpha value is -4.53. The molecule has 0 bridgehead atoms. The van der Waals surface area contributed by atoms with Crippen molar-refractivity contribution in [3.8, 4) is 22.7 Å². The molecule has 3 aromatic heterocycles. The van der Waals surface area contributed by atoms with E-state index in [0.29, 0.717) is 49.5 Å². The minimum atomic E-state index is -4.66. The Bertz CT molecular complexity index is 1860. The quantitative estimate of drug-likeness (QED) is 0.274. The Kier molecular flexibility index (Phi) is 7.97. The molecule has 6 rings (SSSR count). The molecule has 14 heteroatoms. The van der Waals surface area contributed by atoms with Crippen LogP contribution in [0.2, 0.25) is 0 Å². The average molecular weight is 610 g/mol. The van der Waals surface area contributed by atoms with Gasteiger partial charge in [-0.1, -0.05) is 11.3 Å². The number of halogens is 3. The number of fused-ring (bicyclic) bond motifs is 3. The summed E-state index contributed by atoms with van der Waals surface area (Å²) < 4.78 is 51.2. The van der Waals surface area contributed by atoms with Crippen LogP contribution in [0.3, 0.4) is 0 Å². The molecule has 5 aromatic rings. The van der Waals surface area contributed by atoms with E-state index in [1.165, 1.54) is 22.4 Å². The second-order valence-electron chi connectivity index (χ2n) is 10.5. The van der Waals surface area contributed by atoms with E-state index in [9.17, 15) is 28.2 Å². The molecule has 0 aliphatic carbocycles. The van der Waals surface area contributed by atoms with Crippen LogP contribution >= 0.6 is 0 Å². The highest BCUT2D eigenvalue weighted by Gasteiger charge is 2.36. The summed E-state index contributed by atoms with van der Waals surface area (Å²) in [6.07, 6.45) is -3.02. The molecule has 1 fully saturated rings. The molecule has 44 heavy (non-hydrogen) atoms. The summed E-state index contributed by atoms with van der Waals surface area (Å²) in [6, 6.07) is 12.9. The number of ether oxygens (including phenoxy) is 1. The van der Waals surface area contributed by atoms with Gasteiger partial charge in [-0.05, 0) is 42.0 Å². The van der Waals surface area contributed by atoms with Gasteiger partial charge in [-0.3, -0.25) is 9.69 Å². The van der Waals surface area contributed by atoms with Crippen LogP contribution in [0.1, 0.15) is 5.56 Å². The van der Waals surface area contributed by atoms with Gasteiger partial charge in [-0.2, -0.15) is 13.2 Å². The number of aliphatic hydroxyl groups is 2. The Labute approximate surface area is 249 Å². The molecule has 230 valence electrons. The molecule has 0 saturated carbocycles. The maximum Gasteiger partial charge on any atom is 0.418 e. The van der Waals surface area contributed by atoms with Crippen LogP contribution in [0.25, 0.3) is 38.8 Å². The van der Waals surface area contributed by atoms with Crippen molar-refractivity contribution < 1.29 is 28.1 Å². The molecule has 0 amide bonds. The number of aliphatic hydroxyl groups excluding tert-OH is 2. The summed E-state index contributed by atoms with van der Waals surface area (Å²) >= 11 is 0. The Balaban J connectivity index is 1.51. The summed E-state index contributed by atoms with van der Waals surface area (Å²) in [5, 5.41) is 27.6. The van der Waals surface area contributed by atoms with Gasteiger partial charge in [0.05, 0.1) is 37.1 Å². The third-order valence-corrected chi connectivity index (χ3v) is 7.92. The van der Waals surface area contributed by atoms with Gasteiger partial charge >= 0.3 is 6.18 Å². The Morgan fingerprint density at radius 3 is 2.34 bits per heavy atom. The molecule has 1 aliphatic rings. The molecule has 11 nitrogen and oxygen atoms in total. The number of pyridine rings is 2. The Morgan fingerprint density at radius 2 is 1.68 bits per heavy atom. The molecule has 0 radical (unpaired) electrons. The third-order valence-electron chi connectivity index (χ3n) is 7.92. The number of benzene rings is 2. The average Bonchev–Trinajstić information content (AvgIpc) is 3.49. The summed E-state index contributed by atoms with van der Waals surface area (Å²) in [5.74, 6) is 0.437. The molecule has 4 heterocycles. The largest absolute Gasteiger partial charge is 0.481 e. The first-order valence-electron chi connectivity index (χ1n) is 14.1. The minimum Gasteiger partial charge on any atom is -0.481 e. The fourth-order valence-electron chi connectivity index (χ4n) is 5.73. The van der Waals surface area contributed by atoms with Crippen LogP contribution in [-0.4, -0.2) is 92.7 Å². The maximum atomic E-state index is 14.5. The zero-order valence-corrected chi connectivity index (χ0v) is 23.8. The van der Waals surface area contributed by atoms with Gasteiger partial charge in [0.1, 0.15) is 5.52 Å². The number of β-amino-alcohol motifs (C(OH)–C–C–N with tert-alkyl or cyclic N) is 1. The van der Waals surface area contributed by atoms with Crippen molar-refractivity contribution >= 4 is 27.6 Å². The number of methoxy groups -OCH3 is 1. The SMILES string of the molecule is COc1ccc(-c2ccc3c(c2)c2c(nnn2-c2ccc(N4CCN(CCO)CC4)c(C(F)(F)F)c2)c(=O)n3CCO)cn1. The number of rotatable bonds is 8. The van der Waals surface area contributed by atoms with E-state index < -0.39 is 17.3 Å². The first-order valence-corrected chi connectivity index (χ1v) is 14.1. The first kappa shape index (κ1) is 29.5. The van der Waals surface area contributed by atoms with Gasteiger partial charge < -0.3 is 24.4 Å². The van der Waals surface area contributed by atoms with Crippen molar-refractivity contribution in [3.63, 3.8) is 0 Å². The topological polar surface area (TPSA) is 122 Å². The van der Waals surface area contributed by atoms with Crippen molar-refractivity contribution in [1.29, 1.82) is 0 Å². The maximum absolute atomic E-state index is 14.5. The standard InChI is InChI=1S/C30H30F3N7O4/c1-44-26-7-3-20(18-34-26)19-2-5-24-22(16-19)28-27(29(43)39(24)13-15-42)35-36-40(28)21-4-6-25(23(17-21)30(31,32)33)38-10-8-37(9-11-38)12-14-41/h2-7,16-18,41-42H,8-15H2,1H3. The van der Waals surface area contributed by atoms with Crippen molar-refractivity contribution in [2.75, 3.05) is 57.9 Å². The van der Waals surface area contributed by atoms with Crippen LogP contribution in [0.4, 0.5) is 18.9 Å². The lowest BCUT2D eigenvalue weighted by Crippen LogP contribution is -2.47. The highest BCUT2D eigenvalue weighted by Crippen LogP contribution is 2.39. The molecular weight excluding hydrogens is 579 g/mol. The molecule has 0 spiro atoms. The van der Waals surface area contributed by atoms with E-state index in [-0.39, 0.29) is 42.2 Å². The molecule has 2 aromatic carbocycles. The van der Waals surface area contributed by atoms with E-state index in [1.807, 2.05) is 11.0 Å². The van der Waals surface area contributed by atoms with Crippen molar-refractivity contribution in [1.82, 2.24) is 29.4 Å². The number of nitrogens with zero attached hydrogens (tertiary/aromatic N) is 7. The monoisotopic (exact) mass is 609 g/mol. The zero-order valence-electron chi connectivity index (χ0n) is 23.8. The van der Waals surface area contributed by atoms with Crippen LogP contribution in [-0.2, 0) is 12.7 Å². The van der Waals surface area contributed by atoms with Gasteiger partial charge in [0.25, 0.3) is 5.56 Å². The second-order valence-corrected chi connectivity index (χ2v) is 10.5. The predicted molar refractivity (Wildman–Crippen MR) is 158 cm³/mol. The summed E-state index contributed by atoms with van der Waals surface area (Å²) in [6.45, 7) is 2.00. The molecule has 2 N–H and O–H groups in total. The van der Waals surface area contributed by atoms with E-state index >= 15 is 0 Å². The van der Waals surface area contributed by atoms with Gasteiger partial charge in [-0.25, -0.2) is 9.67 Å². The Morgan fingerprint density at radius 1 is 0.932 bits per heavy atom. The van der Waals surface area contributed by atoms with Crippen LogP contribution < -0.4 is 15.2 Å². The van der Waals surface area contributed by atoms with E-state index in [1.54, 1.807) is 41.4 Å². The third kappa shape index (κ3) is 5.36. The van der Waals surface area contributed by atoms with Crippen molar-refractivity contribution in [2.24, 2.45) is 0 Å². The zero-order chi connectivity index (χ0) is 31.0. The first-order chi connectivity index (χ1) is 21.2. The summed E-state index contributed by atoms with van der Waals surface area (Å²) in [5.41, 5.74) is 0.995. The smallest absolute Gasteiger partial charge is 0.418 e. The highest BCUT2D eigenvalue weighted by atomic mass is 19.4. The number of aromatic nitrogens is 5. The van der Waals surface area contributed by atoms with Crippen LogP contribution in [0.5, 0.6) is 5.88 Å². The second kappa shape index (κ2) is 11.9. The van der Waals surface area contributed by atoms with Crippen molar-refractivity contribution in [2.45, 2.75) is 12.7 Å². The summed E-state index contributed by atoms with van der Waals surface area (Å²) in [7, 11) is 1.51. The number of anilines is 1. The lowest BCUT2D eigenvalue weighted by Gasteiger charge is -2.37. The number of hydrogen-bond donors (Lipinski definition) is 2. The van der Waals surface area contributed by atoms with E-state index in [2.05, 4.69) is 15.3 Å². The lowest BCUT2D eigenvalue weighted by molar-refractivity contribution is -0.137. The van der Waals surface area contributed by atoms with Gasteiger partial charge in [-0.15, -0.1) is 5.10 Å². The fraction of sp³-hybridized carbons (Fsp3) is 0.333. The normalized spacial score (nSPS) is 14.5. The predicted octanol–water partition coefficient (Wildman–Crippen LogP) is 2.93. The van der Waals surface area contributed by atoms with Crippen LogP contribution in [0.15, 0.2) is 59.5 Å². The number of hydrogen-bond acceptors (Lipinski definition) is 9. The van der Waals surface area contributed by atoms with Gasteiger partial charge in [0.15, 0.2) is 5.52 Å². The van der Waals surface area contributed by atoms with Crippen LogP contribution in [0, 0.1) is 0 Å². The molecule has 1 aliphatic heterocycles. The van der Waals surface area contributed by atoms with Crippen molar-refractivity contribution in [3.05, 3.63) is 70.6 Å². The van der Waals surface area contributed by atoms with Gasteiger partial charge in [0, 0.05) is 68.2 Å².